The van der Waals surface area contributed by atoms with Crippen molar-refractivity contribution in [3.05, 3.63) is 29.8 Å². The minimum absolute atomic E-state index is 0.123. The van der Waals surface area contributed by atoms with Crippen molar-refractivity contribution in [3.8, 4) is 5.75 Å². The van der Waals surface area contributed by atoms with Gasteiger partial charge in [-0.1, -0.05) is 23.9 Å². The third kappa shape index (κ3) is 4.76. The second-order valence-electron chi connectivity index (χ2n) is 6.82. The minimum Gasteiger partial charge on any atom is -0.490 e. The lowest BCUT2D eigenvalue weighted by molar-refractivity contribution is -0.128. The smallest absolute Gasteiger partial charge is 0.223 e. The van der Waals surface area contributed by atoms with Gasteiger partial charge in [0.25, 0.3) is 0 Å². The molecule has 1 aliphatic heterocycles. The predicted octanol–water partition coefficient (Wildman–Crippen LogP) is 3.64. The Kier molecular flexibility index (Phi) is 5.82. The van der Waals surface area contributed by atoms with Gasteiger partial charge in [0.1, 0.15) is 5.75 Å². The molecule has 1 saturated carbocycles. The highest BCUT2D eigenvalue weighted by molar-refractivity contribution is 8.13. The summed E-state index contributed by atoms with van der Waals surface area (Å²) >= 11 is 1.32. The number of carbonyl (C=O) groups excluding carboxylic acids is 2. The van der Waals surface area contributed by atoms with Crippen molar-refractivity contribution in [1.82, 2.24) is 4.90 Å². The van der Waals surface area contributed by atoms with E-state index < -0.39 is 0 Å². The Morgan fingerprint density at radius 3 is 2.88 bits per heavy atom. The van der Waals surface area contributed by atoms with Gasteiger partial charge in [0, 0.05) is 32.2 Å². The standard InChI is InChI=1S/C19H25NO3S/c1-14(21)24-13-16-10-19(22)20(12-16)11-15-5-4-8-18(9-15)23-17-6-2-3-7-17/h4-5,8-9,16-17H,2-3,6-7,10-13H2,1H3. The highest BCUT2D eigenvalue weighted by Crippen LogP contribution is 2.27. The molecule has 0 radical (unpaired) electrons. The van der Waals surface area contributed by atoms with Crippen LogP contribution in [0.3, 0.4) is 0 Å². The first-order valence-electron chi connectivity index (χ1n) is 8.77. The first-order chi connectivity index (χ1) is 11.6. The maximum absolute atomic E-state index is 12.2. The molecule has 4 nitrogen and oxygen atoms in total. The van der Waals surface area contributed by atoms with Crippen LogP contribution >= 0.6 is 11.8 Å². The zero-order chi connectivity index (χ0) is 16.9. The molecular weight excluding hydrogens is 322 g/mol. The van der Waals surface area contributed by atoms with E-state index in [0.717, 1.165) is 36.5 Å². The number of rotatable bonds is 6. The molecular formula is C19H25NO3S. The van der Waals surface area contributed by atoms with Gasteiger partial charge in [0.05, 0.1) is 6.10 Å². The zero-order valence-corrected chi connectivity index (χ0v) is 15.0. The fourth-order valence-electron chi connectivity index (χ4n) is 3.49. The molecule has 0 spiro atoms. The first-order valence-corrected chi connectivity index (χ1v) is 9.75. The van der Waals surface area contributed by atoms with E-state index in [1.807, 2.05) is 23.1 Å². The van der Waals surface area contributed by atoms with E-state index in [0.29, 0.717) is 19.1 Å². The van der Waals surface area contributed by atoms with E-state index in [-0.39, 0.29) is 16.9 Å². The monoisotopic (exact) mass is 347 g/mol. The average molecular weight is 347 g/mol. The van der Waals surface area contributed by atoms with Crippen LogP contribution in [0.25, 0.3) is 0 Å². The van der Waals surface area contributed by atoms with E-state index >= 15 is 0 Å². The molecule has 1 amide bonds. The van der Waals surface area contributed by atoms with Crippen LogP contribution in [0.1, 0.15) is 44.6 Å². The zero-order valence-electron chi connectivity index (χ0n) is 14.2. The second kappa shape index (κ2) is 8.06. The van der Waals surface area contributed by atoms with Crippen LogP contribution in [0.2, 0.25) is 0 Å². The van der Waals surface area contributed by atoms with Crippen LogP contribution in [-0.2, 0) is 16.1 Å². The van der Waals surface area contributed by atoms with Gasteiger partial charge < -0.3 is 9.64 Å². The SMILES string of the molecule is CC(=O)SCC1CC(=O)N(Cc2cccc(OC3CCCC3)c2)C1. The minimum atomic E-state index is 0.123. The highest BCUT2D eigenvalue weighted by atomic mass is 32.2. The molecule has 130 valence electrons. The maximum Gasteiger partial charge on any atom is 0.223 e. The van der Waals surface area contributed by atoms with E-state index in [1.165, 1.54) is 24.6 Å². The maximum atomic E-state index is 12.2. The van der Waals surface area contributed by atoms with Crippen LogP contribution in [0.4, 0.5) is 0 Å². The van der Waals surface area contributed by atoms with Gasteiger partial charge in [-0.15, -0.1) is 0 Å². The van der Waals surface area contributed by atoms with Gasteiger partial charge in [-0.25, -0.2) is 0 Å². The Labute approximate surface area is 147 Å². The molecule has 1 atom stereocenters. The molecule has 1 aromatic rings. The fourth-order valence-corrected chi connectivity index (χ4v) is 4.18. The number of ether oxygens (including phenoxy) is 1. The summed E-state index contributed by atoms with van der Waals surface area (Å²) in [5.41, 5.74) is 1.11. The summed E-state index contributed by atoms with van der Waals surface area (Å²) in [7, 11) is 0. The molecule has 1 unspecified atom stereocenters. The van der Waals surface area contributed by atoms with E-state index in [2.05, 4.69) is 6.07 Å². The summed E-state index contributed by atoms with van der Waals surface area (Å²) in [6.45, 7) is 2.95. The van der Waals surface area contributed by atoms with Crippen molar-refractivity contribution in [3.63, 3.8) is 0 Å². The number of thioether (sulfide) groups is 1. The Morgan fingerprint density at radius 2 is 2.12 bits per heavy atom. The molecule has 3 rings (SSSR count). The number of hydrogen-bond acceptors (Lipinski definition) is 4. The van der Waals surface area contributed by atoms with Crippen molar-refractivity contribution >= 4 is 22.8 Å². The van der Waals surface area contributed by atoms with E-state index in [9.17, 15) is 9.59 Å². The molecule has 1 saturated heterocycles. The van der Waals surface area contributed by atoms with Gasteiger partial charge >= 0.3 is 0 Å². The second-order valence-corrected chi connectivity index (χ2v) is 8.02. The van der Waals surface area contributed by atoms with Crippen LogP contribution in [0.5, 0.6) is 5.75 Å². The molecule has 0 bridgehead atoms. The van der Waals surface area contributed by atoms with Gasteiger partial charge in [0.15, 0.2) is 5.12 Å². The van der Waals surface area contributed by atoms with Crippen LogP contribution in [-0.4, -0.2) is 34.3 Å². The Hall–Kier alpha value is -1.49. The van der Waals surface area contributed by atoms with Gasteiger partial charge in [-0.2, -0.15) is 0 Å². The molecule has 0 aromatic heterocycles. The number of nitrogens with zero attached hydrogens (tertiary/aromatic N) is 1. The highest BCUT2D eigenvalue weighted by Gasteiger charge is 2.29. The van der Waals surface area contributed by atoms with Crippen molar-refractivity contribution in [2.75, 3.05) is 12.3 Å². The number of carbonyl (C=O) groups is 2. The number of benzene rings is 1. The summed E-state index contributed by atoms with van der Waals surface area (Å²) in [5.74, 6) is 2.12. The van der Waals surface area contributed by atoms with E-state index in [1.54, 1.807) is 6.92 Å². The lowest BCUT2D eigenvalue weighted by Gasteiger charge is -2.18. The van der Waals surface area contributed by atoms with Gasteiger partial charge in [-0.3, -0.25) is 9.59 Å². The summed E-state index contributed by atoms with van der Waals surface area (Å²) in [4.78, 5) is 25.2. The lowest BCUT2D eigenvalue weighted by Crippen LogP contribution is -2.24. The normalized spacial score (nSPS) is 21.5. The molecule has 1 aromatic carbocycles. The first kappa shape index (κ1) is 17.3. The summed E-state index contributed by atoms with van der Waals surface area (Å²) in [5, 5.41) is 0.123. The van der Waals surface area contributed by atoms with Gasteiger partial charge in [0.2, 0.25) is 5.91 Å². The Morgan fingerprint density at radius 1 is 1.33 bits per heavy atom. The van der Waals surface area contributed by atoms with Crippen LogP contribution in [0, 0.1) is 5.92 Å². The van der Waals surface area contributed by atoms with Gasteiger partial charge in [-0.05, 0) is 49.3 Å². The Balaban J connectivity index is 1.55. The molecule has 2 fully saturated rings. The number of hydrogen-bond donors (Lipinski definition) is 0. The van der Waals surface area contributed by atoms with E-state index in [4.69, 9.17) is 4.74 Å². The van der Waals surface area contributed by atoms with Crippen molar-refractivity contribution in [2.45, 2.75) is 51.7 Å². The molecule has 5 heteroatoms. The molecule has 24 heavy (non-hydrogen) atoms. The molecule has 2 aliphatic rings. The topological polar surface area (TPSA) is 46.6 Å². The summed E-state index contributed by atoms with van der Waals surface area (Å²) in [6.07, 6.45) is 5.70. The van der Waals surface area contributed by atoms with Crippen molar-refractivity contribution in [1.29, 1.82) is 0 Å². The van der Waals surface area contributed by atoms with Crippen molar-refractivity contribution in [2.24, 2.45) is 5.92 Å². The van der Waals surface area contributed by atoms with Crippen molar-refractivity contribution < 1.29 is 14.3 Å². The predicted molar refractivity (Wildman–Crippen MR) is 96.0 cm³/mol. The van der Waals surface area contributed by atoms with Crippen LogP contribution in [0.15, 0.2) is 24.3 Å². The van der Waals surface area contributed by atoms with Crippen LogP contribution < -0.4 is 4.74 Å². The Bertz CT molecular complexity index is 598. The molecule has 1 heterocycles. The fraction of sp³-hybridized carbons (Fsp3) is 0.579. The molecule has 0 N–H and O–H groups in total. The third-order valence-corrected chi connectivity index (χ3v) is 5.74. The summed E-state index contributed by atoms with van der Waals surface area (Å²) < 4.78 is 6.05. The number of amides is 1. The lowest BCUT2D eigenvalue weighted by atomic mass is 10.1. The summed E-state index contributed by atoms with van der Waals surface area (Å²) in [6, 6.07) is 8.11. The average Bonchev–Trinajstić information content (AvgIpc) is 3.16. The number of likely N-dealkylation sites (tertiary alicyclic amines) is 1. The molecule has 1 aliphatic carbocycles. The largest absolute Gasteiger partial charge is 0.490 e. The third-order valence-electron chi connectivity index (χ3n) is 4.69. The quantitative estimate of drug-likeness (QED) is 0.788.